The van der Waals surface area contributed by atoms with Gasteiger partial charge in [0.2, 0.25) is 0 Å². The molecule has 0 radical (unpaired) electrons. The van der Waals surface area contributed by atoms with Gasteiger partial charge < -0.3 is 24.5 Å². The van der Waals surface area contributed by atoms with E-state index in [1.54, 1.807) is 4.90 Å². The van der Waals surface area contributed by atoms with E-state index in [0.717, 1.165) is 84.0 Å². The Balaban J connectivity index is 1.21. The van der Waals surface area contributed by atoms with Crippen LogP contribution in [0.3, 0.4) is 0 Å². The maximum absolute atomic E-state index is 12.7. The number of piperazine rings is 1. The average Bonchev–Trinajstić information content (AvgIpc) is 4.03. The van der Waals surface area contributed by atoms with Crippen LogP contribution in [-0.4, -0.2) is 67.7 Å². The number of anilines is 1. The van der Waals surface area contributed by atoms with Crippen LogP contribution in [0.25, 0.3) is 79.8 Å². The molecule has 2 N–H and O–H groups in total. The Morgan fingerprint density at radius 3 is 1.78 bits per heavy atom. The number of carbonyl (C=O) groups is 1. The van der Waals surface area contributed by atoms with Crippen LogP contribution in [-0.2, 0) is 4.74 Å². The van der Waals surface area contributed by atoms with Gasteiger partial charge in [-0.3, -0.25) is 0 Å². The number of pyridine rings is 1. The molecule has 3 aliphatic heterocycles. The number of rotatable bonds is 4. The maximum atomic E-state index is 12.7. The van der Waals surface area contributed by atoms with Gasteiger partial charge in [0, 0.05) is 76.7 Å². The number of carbonyl (C=O) groups excluding carboxylic acids is 1. The molecular weight excluding hydrogens is 683 g/mol. The molecule has 1 saturated heterocycles. The first-order valence-corrected chi connectivity index (χ1v) is 18.7. The van der Waals surface area contributed by atoms with Crippen LogP contribution in [0.2, 0.25) is 0 Å². The van der Waals surface area contributed by atoms with Crippen molar-refractivity contribution in [3.63, 3.8) is 0 Å². The predicted octanol–water partition coefficient (Wildman–Crippen LogP) is 10.1. The minimum atomic E-state index is -0.526. The summed E-state index contributed by atoms with van der Waals surface area (Å²) in [5, 5.41) is 0. The summed E-state index contributed by atoms with van der Waals surface area (Å²) in [4.78, 5) is 39.5. The summed E-state index contributed by atoms with van der Waals surface area (Å²) in [6, 6.07) is 35.5. The van der Waals surface area contributed by atoms with Gasteiger partial charge in [-0.1, -0.05) is 60.7 Å². The van der Waals surface area contributed by atoms with E-state index >= 15 is 0 Å². The first kappa shape index (κ1) is 34.1. The second-order valence-corrected chi connectivity index (χ2v) is 14.9. The summed E-state index contributed by atoms with van der Waals surface area (Å²) < 4.78 is 5.61. The lowest BCUT2D eigenvalue weighted by molar-refractivity contribution is 0.0240. The average molecular weight is 724 g/mol. The minimum absolute atomic E-state index is 0.274. The van der Waals surface area contributed by atoms with Crippen molar-refractivity contribution in [3.05, 3.63) is 132 Å². The molecule has 55 heavy (non-hydrogen) atoms. The van der Waals surface area contributed by atoms with Gasteiger partial charge in [0.1, 0.15) is 11.4 Å². The Morgan fingerprint density at radius 2 is 1.18 bits per heavy atom. The smallest absolute Gasteiger partial charge is 0.410 e. The van der Waals surface area contributed by atoms with Crippen molar-refractivity contribution in [1.29, 1.82) is 0 Å². The molecule has 9 nitrogen and oxygen atoms in total. The molecule has 8 bridgehead atoms. The van der Waals surface area contributed by atoms with Crippen molar-refractivity contribution in [2.24, 2.45) is 0 Å². The summed E-state index contributed by atoms with van der Waals surface area (Å²) in [7, 11) is 0. The number of hydrogen-bond donors (Lipinski definition) is 2. The number of aromatic amines is 2. The Bertz CT molecular complexity index is 2590. The lowest BCUT2D eigenvalue weighted by atomic mass is 10.0. The van der Waals surface area contributed by atoms with Crippen molar-refractivity contribution in [1.82, 2.24) is 29.8 Å². The van der Waals surface area contributed by atoms with E-state index in [0.29, 0.717) is 26.2 Å². The van der Waals surface area contributed by atoms with E-state index in [2.05, 4.69) is 130 Å². The normalized spacial score (nSPS) is 14.0. The molecule has 9 rings (SSSR count). The van der Waals surface area contributed by atoms with Crippen molar-refractivity contribution in [2.75, 3.05) is 31.1 Å². The molecule has 0 atom stereocenters. The van der Waals surface area contributed by atoms with Crippen LogP contribution in [0.15, 0.2) is 109 Å². The van der Waals surface area contributed by atoms with Crippen LogP contribution in [0.1, 0.15) is 43.5 Å². The molecule has 0 saturated carbocycles. The van der Waals surface area contributed by atoms with E-state index in [4.69, 9.17) is 19.7 Å². The van der Waals surface area contributed by atoms with Gasteiger partial charge in [-0.15, -0.1) is 0 Å². The van der Waals surface area contributed by atoms with Gasteiger partial charge in [0.05, 0.1) is 22.8 Å². The zero-order valence-electron chi connectivity index (χ0n) is 31.1. The second-order valence-electron chi connectivity index (χ2n) is 14.9. The highest BCUT2D eigenvalue weighted by atomic mass is 16.6. The summed E-state index contributed by atoms with van der Waals surface area (Å²) in [5.74, 6) is 0.863. The van der Waals surface area contributed by atoms with Gasteiger partial charge in [-0.05, 0) is 98.7 Å². The molecule has 0 unspecified atom stereocenters. The molecule has 272 valence electrons. The summed E-state index contributed by atoms with van der Waals surface area (Å²) in [6.07, 6.45) is 10.0. The SMILES string of the molecule is CC(C)(C)OC(=O)N1CCN(c2ccc(-c3c4nc(c(-c5ccccc5)c5ccc(cc6nc(c(-c7ccccc7)c7ccc3[nH]7)C=C6)[nH]5)C=C4)cn2)CC1. The number of nitrogens with zero attached hydrogens (tertiary/aromatic N) is 5. The molecular formula is C46H41N7O2. The second kappa shape index (κ2) is 13.9. The summed E-state index contributed by atoms with van der Waals surface area (Å²) >= 11 is 0. The van der Waals surface area contributed by atoms with Crippen molar-refractivity contribution in [2.45, 2.75) is 26.4 Å². The third-order valence-corrected chi connectivity index (χ3v) is 9.99. The Labute approximate surface area is 319 Å². The zero-order chi connectivity index (χ0) is 37.5. The Morgan fingerprint density at radius 1 is 0.618 bits per heavy atom. The number of aromatic nitrogens is 5. The van der Waals surface area contributed by atoms with Crippen LogP contribution < -0.4 is 4.90 Å². The van der Waals surface area contributed by atoms with E-state index in [1.807, 2.05) is 39.1 Å². The van der Waals surface area contributed by atoms with Gasteiger partial charge in [0.25, 0.3) is 0 Å². The van der Waals surface area contributed by atoms with E-state index in [9.17, 15) is 4.79 Å². The predicted molar refractivity (Wildman–Crippen MR) is 223 cm³/mol. The third-order valence-electron chi connectivity index (χ3n) is 9.99. The minimum Gasteiger partial charge on any atom is -0.444 e. The molecule has 0 spiro atoms. The Kier molecular flexibility index (Phi) is 8.61. The van der Waals surface area contributed by atoms with E-state index in [-0.39, 0.29) is 6.09 Å². The van der Waals surface area contributed by atoms with Crippen molar-refractivity contribution >= 4 is 58.3 Å². The first-order valence-electron chi connectivity index (χ1n) is 18.7. The summed E-state index contributed by atoms with van der Waals surface area (Å²) in [6.45, 7) is 8.15. The number of fused-ring (bicyclic) bond motifs is 8. The number of hydrogen-bond acceptors (Lipinski definition) is 6. The quantitative estimate of drug-likeness (QED) is 0.187. The van der Waals surface area contributed by atoms with Gasteiger partial charge >= 0.3 is 6.09 Å². The molecule has 1 fully saturated rings. The molecule has 1 amide bonds. The lowest BCUT2D eigenvalue weighted by Crippen LogP contribution is -2.50. The molecule has 6 aromatic rings. The number of amides is 1. The maximum Gasteiger partial charge on any atom is 0.410 e. The topological polar surface area (TPSA) is 103 Å². The highest BCUT2D eigenvalue weighted by Crippen LogP contribution is 2.36. The van der Waals surface area contributed by atoms with E-state index < -0.39 is 5.60 Å². The molecule has 7 heterocycles. The number of benzene rings is 2. The van der Waals surface area contributed by atoms with Gasteiger partial charge in [-0.2, -0.15) is 0 Å². The first-order chi connectivity index (χ1) is 26.8. The molecule has 2 aromatic carbocycles. The van der Waals surface area contributed by atoms with Crippen molar-refractivity contribution < 1.29 is 9.53 Å². The molecule has 9 heteroatoms. The molecule has 4 aromatic heterocycles. The van der Waals surface area contributed by atoms with Gasteiger partial charge in [-0.25, -0.2) is 19.7 Å². The largest absolute Gasteiger partial charge is 0.444 e. The van der Waals surface area contributed by atoms with E-state index in [1.165, 1.54) is 0 Å². The highest BCUT2D eigenvalue weighted by molar-refractivity contribution is 5.97. The Hall–Kier alpha value is -6.74. The summed E-state index contributed by atoms with van der Waals surface area (Å²) in [5.41, 5.74) is 12.8. The molecule has 3 aliphatic rings. The number of ether oxygens (including phenoxy) is 1. The van der Waals surface area contributed by atoms with Crippen LogP contribution in [0.5, 0.6) is 0 Å². The monoisotopic (exact) mass is 723 g/mol. The third kappa shape index (κ3) is 6.92. The van der Waals surface area contributed by atoms with Crippen LogP contribution >= 0.6 is 0 Å². The van der Waals surface area contributed by atoms with Crippen LogP contribution in [0.4, 0.5) is 10.6 Å². The fraction of sp³-hybridized carbons (Fsp3) is 0.174. The number of H-pyrrole nitrogens is 2. The van der Waals surface area contributed by atoms with Crippen LogP contribution in [0, 0.1) is 0 Å². The fourth-order valence-electron chi connectivity index (χ4n) is 7.43. The van der Waals surface area contributed by atoms with Crippen molar-refractivity contribution in [3.8, 4) is 33.4 Å². The van der Waals surface area contributed by atoms with Gasteiger partial charge in [0.15, 0.2) is 0 Å². The standard InChI is InChI=1S/C46H41N7O2/c1-46(2,3)55-45(54)53-26-24-52(25-27-53)41-23-14-32(29-47-41)44-39-21-19-37(50-39)42(30-10-6-4-7-11-30)35-17-15-33(48-35)28-34-16-18-36(49-34)43(31-12-8-5-9-13-31)38-20-22-40(44)51-38/h4-23,28-29,48,51H,24-27H2,1-3H3. The highest BCUT2D eigenvalue weighted by Gasteiger charge is 2.26. The zero-order valence-corrected chi connectivity index (χ0v) is 31.1. The fourth-order valence-corrected chi connectivity index (χ4v) is 7.43. The number of nitrogens with one attached hydrogen (secondary N) is 2. The lowest BCUT2D eigenvalue weighted by Gasteiger charge is -2.36. The molecule has 0 aliphatic carbocycles.